The van der Waals surface area contributed by atoms with Gasteiger partial charge in [-0.05, 0) is 36.4 Å². The van der Waals surface area contributed by atoms with Crippen LogP contribution in [-0.2, 0) is 10.1 Å². The Bertz CT molecular complexity index is 1040. The van der Waals surface area contributed by atoms with Crippen molar-refractivity contribution in [2.24, 2.45) is 0 Å². The summed E-state index contributed by atoms with van der Waals surface area (Å²) in [4.78, 5) is 4.10. The van der Waals surface area contributed by atoms with Crippen LogP contribution < -0.4 is 13.7 Å². The van der Waals surface area contributed by atoms with Crippen molar-refractivity contribution < 1.29 is 26.6 Å². The Hall–Kier alpha value is -3.07. The predicted octanol–water partition coefficient (Wildman–Crippen LogP) is 2.58. The normalized spacial score (nSPS) is 13.4. The molecule has 0 spiro atoms. The number of aryl methyl sites for hydroxylation is 1. The van der Waals surface area contributed by atoms with Crippen molar-refractivity contribution in [3.8, 4) is 28.6 Å². The van der Waals surface area contributed by atoms with Gasteiger partial charge in [0.1, 0.15) is 23.9 Å². The summed E-state index contributed by atoms with van der Waals surface area (Å²) in [5.74, 6) is 1.92. The van der Waals surface area contributed by atoms with Gasteiger partial charge in [-0.3, -0.25) is 0 Å². The van der Waals surface area contributed by atoms with Crippen molar-refractivity contribution in [1.29, 1.82) is 0 Å². The minimum absolute atomic E-state index is 0.0142. The summed E-state index contributed by atoms with van der Waals surface area (Å²) < 4.78 is 45.9. The second-order valence-corrected chi connectivity index (χ2v) is 7.05. The maximum Gasteiger partial charge on any atom is 0.339 e. The maximum atomic E-state index is 12.5. The molecule has 4 rings (SSSR count). The van der Waals surface area contributed by atoms with Gasteiger partial charge in [0.25, 0.3) is 0 Å². The first kappa shape index (κ1) is 16.4. The Morgan fingerprint density at radius 1 is 1.00 bits per heavy atom. The van der Waals surface area contributed by atoms with Gasteiger partial charge in [-0.2, -0.15) is 13.4 Å². The molecular formula is C17H14N2O6S. The fourth-order valence-corrected chi connectivity index (χ4v) is 3.38. The first-order chi connectivity index (χ1) is 12.5. The fourth-order valence-electron chi connectivity index (χ4n) is 2.43. The average Bonchev–Trinajstić information content (AvgIpc) is 3.08. The quantitative estimate of drug-likeness (QED) is 0.642. The molecule has 1 aliphatic heterocycles. The lowest BCUT2D eigenvalue weighted by Crippen LogP contribution is -2.16. The molecule has 8 nitrogen and oxygen atoms in total. The largest absolute Gasteiger partial charge is 0.486 e. The summed E-state index contributed by atoms with van der Waals surface area (Å²) in [6.07, 6.45) is 0. The molecule has 2 heterocycles. The molecular weight excluding hydrogens is 360 g/mol. The Labute approximate surface area is 149 Å². The van der Waals surface area contributed by atoms with E-state index in [2.05, 4.69) is 10.1 Å². The number of fused-ring (bicyclic) bond motifs is 1. The Balaban J connectivity index is 1.56. The number of nitrogens with zero attached hydrogens (tertiary/aromatic N) is 2. The SMILES string of the molecule is Cc1nc(-c2ccc(OS(=O)(=O)c3ccc4c(c3)OCCO4)cc2)no1. The zero-order valence-corrected chi connectivity index (χ0v) is 14.5. The summed E-state index contributed by atoms with van der Waals surface area (Å²) in [5.41, 5.74) is 0.686. The van der Waals surface area contributed by atoms with Crippen LogP contribution in [0.2, 0.25) is 0 Å². The van der Waals surface area contributed by atoms with Gasteiger partial charge < -0.3 is 18.2 Å². The third-order valence-corrected chi connectivity index (χ3v) is 4.89. The number of hydrogen-bond acceptors (Lipinski definition) is 8. The molecule has 2 aromatic carbocycles. The highest BCUT2D eigenvalue weighted by atomic mass is 32.2. The van der Waals surface area contributed by atoms with E-state index in [0.29, 0.717) is 42.0 Å². The smallest absolute Gasteiger partial charge is 0.339 e. The standard InChI is InChI=1S/C17H14N2O6S/c1-11-18-17(19-24-11)12-2-4-13(5-3-12)25-26(20,21)14-6-7-15-16(10-14)23-9-8-22-15/h2-7,10H,8-9H2,1H3. The molecule has 134 valence electrons. The number of rotatable bonds is 4. The van der Waals surface area contributed by atoms with Crippen molar-refractivity contribution in [1.82, 2.24) is 10.1 Å². The van der Waals surface area contributed by atoms with E-state index in [-0.39, 0.29) is 10.6 Å². The predicted molar refractivity (Wildman–Crippen MR) is 89.7 cm³/mol. The van der Waals surface area contributed by atoms with E-state index in [1.807, 2.05) is 0 Å². The van der Waals surface area contributed by atoms with Gasteiger partial charge in [0, 0.05) is 18.6 Å². The van der Waals surface area contributed by atoms with Crippen LogP contribution in [0.15, 0.2) is 51.9 Å². The lowest BCUT2D eigenvalue weighted by Gasteiger charge is -2.18. The van der Waals surface area contributed by atoms with Crippen LogP contribution in [0.3, 0.4) is 0 Å². The molecule has 0 bridgehead atoms. The molecule has 0 aliphatic carbocycles. The lowest BCUT2D eigenvalue weighted by molar-refractivity contribution is 0.171. The van der Waals surface area contributed by atoms with Gasteiger partial charge in [-0.1, -0.05) is 5.16 Å². The van der Waals surface area contributed by atoms with Crippen molar-refractivity contribution in [2.45, 2.75) is 11.8 Å². The number of ether oxygens (including phenoxy) is 2. The number of benzene rings is 2. The summed E-state index contributed by atoms with van der Waals surface area (Å²) in [6.45, 7) is 2.49. The average molecular weight is 374 g/mol. The molecule has 1 aromatic heterocycles. The first-order valence-corrected chi connectivity index (χ1v) is 9.17. The van der Waals surface area contributed by atoms with Crippen LogP contribution in [0.1, 0.15) is 5.89 Å². The topological polar surface area (TPSA) is 101 Å². The molecule has 1 aliphatic rings. The summed E-state index contributed by atoms with van der Waals surface area (Å²) in [5, 5.41) is 3.81. The molecule has 0 N–H and O–H groups in total. The van der Waals surface area contributed by atoms with E-state index in [9.17, 15) is 8.42 Å². The molecule has 0 fully saturated rings. The second-order valence-electron chi connectivity index (χ2n) is 5.50. The minimum Gasteiger partial charge on any atom is -0.486 e. The van der Waals surface area contributed by atoms with Gasteiger partial charge >= 0.3 is 10.1 Å². The van der Waals surface area contributed by atoms with Crippen LogP contribution in [0.25, 0.3) is 11.4 Å². The van der Waals surface area contributed by atoms with E-state index in [4.69, 9.17) is 18.2 Å². The highest BCUT2D eigenvalue weighted by Gasteiger charge is 2.21. The molecule has 0 amide bonds. The molecule has 0 radical (unpaired) electrons. The van der Waals surface area contributed by atoms with Crippen molar-refractivity contribution in [3.05, 3.63) is 48.4 Å². The van der Waals surface area contributed by atoms with Gasteiger partial charge in [-0.15, -0.1) is 0 Å². The van der Waals surface area contributed by atoms with Crippen molar-refractivity contribution in [2.75, 3.05) is 13.2 Å². The Morgan fingerprint density at radius 2 is 1.73 bits per heavy atom. The lowest BCUT2D eigenvalue weighted by atomic mass is 10.2. The maximum absolute atomic E-state index is 12.5. The zero-order valence-electron chi connectivity index (χ0n) is 13.7. The van der Waals surface area contributed by atoms with Crippen LogP contribution in [0, 0.1) is 6.92 Å². The number of aromatic nitrogens is 2. The minimum atomic E-state index is -4.01. The van der Waals surface area contributed by atoms with Gasteiger partial charge in [-0.25, -0.2) is 0 Å². The van der Waals surface area contributed by atoms with E-state index in [0.717, 1.165) is 0 Å². The highest BCUT2D eigenvalue weighted by molar-refractivity contribution is 7.87. The first-order valence-electron chi connectivity index (χ1n) is 7.76. The van der Waals surface area contributed by atoms with Gasteiger partial charge in [0.2, 0.25) is 11.7 Å². The van der Waals surface area contributed by atoms with Crippen LogP contribution in [-0.4, -0.2) is 31.8 Å². The van der Waals surface area contributed by atoms with Gasteiger partial charge in [0.05, 0.1) is 0 Å². The Morgan fingerprint density at radius 3 is 2.42 bits per heavy atom. The summed E-state index contributed by atoms with van der Waals surface area (Å²) in [6, 6.07) is 10.7. The van der Waals surface area contributed by atoms with Crippen LogP contribution in [0.5, 0.6) is 17.2 Å². The van der Waals surface area contributed by atoms with Gasteiger partial charge in [0.15, 0.2) is 11.5 Å². The molecule has 3 aromatic rings. The molecule has 0 unspecified atom stereocenters. The van der Waals surface area contributed by atoms with E-state index >= 15 is 0 Å². The molecule has 0 atom stereocenters. The van der Waals surface area contributed by atoms with E-state index in [1.54, 1.807) is 25.1 Å². The summed E-state index contributed by atoms with van der Waals surface area (Å²) in [7, 11) is -4.01. The zero-order chi connectivity index (χ0) is 18.1. The number of hydrogen-bond donors (Lipinski definition) is 0. The molecule has 9 heteroatoms. The molecule has 0 saturated heterocycles. The summed E-state index contributed by atoms with van der Waals surface area (Å²) >= 11 is 0. The Kier molecular flexibility index (Phi) is 4.00. The monoisotopic (exact) mass is 374 g/mol. The molecule has 26 heavy (non-hydrogen) atoms. The van der Waals surface area contributed by atoms with Crippen molar-refractivity contribution >= 4 is 10.1 Å². The van der Waals surface area contributed by atoms with Crippen LogP contribution >= 0.6 is 0 Å². The third-order valence-electron chi connectivity index (χ3n) is 3.65. The van der Waals surface area contributed by atoms with E-state index < -0.39 is 10.1 Å². The third kappa shape index (κ3) is 3.21. The highest BCUT2D eigenvalue weighted by Crippen LogP contribution is 2.33. The van der Waals surface area contributed by atoms with Crippen LogP contribution in [0.4, 0.5) is 0 Å². The second kappa shape index (κ2) is 6.34. The van der Waals surface area contributed by atoms with E-state index in [1.165, 1.54) is 24.3 Å². The molecule has 0 saturated carbocycles. The van der Waals surface area contributed by atoms with Crippen molar-refractivity contribution in [3.63, 3.8) is 0 Å². The fraction of sp³-hybridized carbons (Fsp3) is 0.176.